The number of rotatable bonds is 6. The first-order valence-corrected chi connectivity index (χ1v) is 9.79. The van der Waals surface area contributed by atoms with Crippen LogP contribution < -0.4 is 5.32 Å². The summed E-state index contributed by atoms with van der Waals surface area (Å²) in [5.74, 6) is 0.0362. The van der Waals surface area contributed by atoms with E-state index in [1.165, 1.54) is 11.1 Å². The van der Waals surface area contributed by atoms with E-state index >= 15 is 0 Å². The highest BCUT2D eigenvalue weighted by atomic mass is 16.5. The van der Waals surface area contributed by atoms with Crippen LogP contribution in [0, 0.1) is 20.8 Å². The highest BCUT2D eigenvalue weighted by Gasteiger charge is 2.21. The van der Waals surface area contributed by atoms with Crippen molar-refractivity contribution in [3.63, 3.8) is 0 Å². The molecule has 3 rings (SSSR count). The Morgan fingerprint density at radius 3 is 2.56 bits per heavy atom. The average molecular weight is 367 g/mol. The molecule has 4 nitrogen and oxygen atoms in total. The van der Waals surface area contributed by atoms with Crippen molar-refractivity contribution in [2.24, 2.45) is 0 Å². The van der Waals surface area contributed by atoms with Crippen LogP contribution in [-0.2, 0) is 4.74 Å². The summed E-state index contributed by atoms with van der Waals surface area (Å²) in [4.78, 5) is 15.0. The van der Waals surface area contributed by atoms with Gasteiger partial charge in [0, 0.05) is 31.7 Å². The number of aryl methyl sites for hydroxylation is 3. The third-order valence-corrected chi connectivity index (χ3v) is 5.16. The molecule has 1 saturated heterocycles. The van der Waals surface area contributed by atoms with E-state index in [1.54, 1.807) is 0 Å². The molecule has 1 atom stereocenters. The molecule has 1 N–H and O–H groups in total. The van der Waals surface area contributed by atoms with E-state index in [9.17, 15) is 4.79 Å². The molecule has 144 valence electrons. The predicted molar refractivity (Wildman–Crippen MR) is 109 cm³/mol. The smallest absolute Gasteiger partial charge is 0.251 e. The molecule has 1 amide bonds. The molecule has 27 heavy (non-hydrogen) atoms. The van der Waals surface area contributed by atoms with Crippen LogP contribution in [0.15, 0.2) is 42.5 Å². The van der Waals surface area contributed by atoms with Crippen molar-refractivity contribution in [1.29, 1.82) is 0 Å². The van der Waals surface area contributed by atoms with E-state index in [4.69, 9.17) is 4.74 Å². The van der Waals surface area contributed by atoms with E-state index in [1.807, 2.05) is 19.9 Å². The van der Waals surface area contributed by atoms with Crippen molar-refractivity contribution in [2.75, 3.05) is 32.8 Å². The molecule has 1 fully saturated rings. The molecular weight excluding hydrogens is 336 g/mol. The van der Waals surface area contributed by atoms with E-state index in [0.29, 0.717) is 6.54 Å². The minimum Gasteiger partial charge on any atom is -0.371 e. The maximum absolute atomic E-state index is 12.5. The summed E-state index contributed by atoms with van der Waals surface area (Å²) in [7, 11) is 0. The van der Waals surface area contributed by atoms with Gasteiger partial charge in [-0.1, -0.05) is 48.0 Å². The van der Waals surface area contributed by atoms with Crippen molar-refractivity contribution < 1.29 is 9.53 Å². The van der Waals surface area contributed by atoms with E-state index in [-0.39, 0.29) is 12.0 Å². The lowest BCUT2D eigenvalue weighted by molar-refractivity contribution is -0.0301. The fraction of sp³-hybridized carbons (Fsp3) is 0.435. The van der Waals surface area contributed by atoms with Gasteiger partial charge in [-0.25, -0.2) is 0 Å². The van der Waals surface area contributed by atoms with Crippen LogP contribution in [0.2, 0.25) is 0 Å². The van der Waals surface area contributed by atoms with Gasteiger partial charge in [-0.15, -0.1) is 0 Å². The molecule has 0 radical (unpaired) electrons. The first kappa shape index (κ1) is 19.6. The van der Waals surface area contributed by atoms with Gasteiger partial charge >= 0.3 is 0 Å². The normalized spacial score (nSPS) is 17.7. The van der Waals surface area contributed by atoms with Crippen LogP contribution in [0.1, 0.15) is 45.1 Å². The lowest BCUT2D eigenvalue weighted by Crippen LogP contribution is -2.39. The first-order valence-electron chi connectivity index (χ1n) is 9.79. The Bertz CT molecular complexity index is 750. The molecule has 4 heteroatoms. The molecule has 1 aliphatic rings. The number of hydrogen-bond donors (Lipinski definition) is 1. The number of benzene rings is 2. The van der Waals surface area contributed by atoms with Gasteiger partial charge in [0.25, 0.3) is 5.91 Å². The van der Waals surface area contributed by atoms with E-state index < -0.39 is 0 Å². The number of carbonyl (C=O) groups excluding carboxylic acids is 1. The van der Waals surface area contributed by atoms with Gasteiger partial charge in [0.2, 0.25) is 0 Å². The largest absolute Gasteiger partial charge is 0.371 e. The monoisotopic (exact) mass is 366 g/mol. The second-order valence-corrected chi connectivity index (χ2v) is 7.45. The first-order chi connectivity index (χ1) is 13.0. The molecule has 0 aliphatic carbocycles. The number of morpholine rings is 1. The van der Waals surface area contributed by atoms with Crippen LogP contribution in [-0.4, -0.2) is 43.6 Å². The molecule has 1 unspecified atom stereocenters. The summed E-state index contributed by atoms with van der Waals surface area (Å²) in [6, 6.07) is 14.5. The fourth-order valence-corrected chi connectivity index (χ4v) is 3.91. The summed E-state index contributed by atoms with van der Waals surface area (Å²) >= 11 is 0. The number of hydrogen-bond acceptors (Lipinski definition) is 3. The van der Waals surface area contributed by atoms with Crippen LogP contribution >= 0.6 is 0 Å². The minimum absolute atomic E-state index is 0.0362. The average Bonchev–Trinajstić information content (AvgIpc) is 2.65. The van der Waals surface area contributed by atoms with Crippen LogP contribution in [0.5, 0.6) is 0 Å². The SMILES string of the molecule is Cc1cc(C)c(C(=O)NCCCN2CCOC(c3ccccc3)C2)c(C)c1. The Balaban J connectivity index is 1.45. The third-order valence-electron chi connectivity index (χ3n) is 5.16. The molecular formula is C23H30N2O2. The second kappa shape index (κ2) is 9.16. The molecule has 0 aromatic heterocycles. The van der Waals surface area contributed by atoms with Crippen molar-refractivity contribution >= 4 is 5.91 Å². The number of amides is 1. The second-order valence-electron chi connectivity index (χ2n) is 7.45. The standard InChI is InChI=1S/C23H30N2O2/c1-17-14-18(2)22(19(3)15-17)23(26)24-10-7-11-25-12-13-27-21(16-25)20-8-5-4-6-9-20/h4-6,8-9,14-15,21H,7,10-13,16H2,1-3H3,(H,24,26). The number of nitrogens with one attached hydrogen (secondary N) is 1. The molecule has 2 aromatic rings. The number of carbonyl (C=O) groups is 1. The third kappa shape index (κ3) is 5.18. The van der Waals surface area contributed by atoms with Crippen LogP contribution in [0.3, 0.4) is 0 Å². The van der Waals surface area contributed by atoms with Crippen molar-refractivity contribution in [2.45, 2.75) is 33.3 Å². The molecule has 2 aromatic carbocycles. The highest BCUT2D eigenvalue weighted by Crippen LogP contribution is 2.22. The van der Waals surface area contributed by atoms with Gasteiger partial charge in [0.15, 0.2) is 0 Å². The van der Waals surface area contributed by atoms with Gasteiger partial charge in [-0.2, -0.15) is 0 Å². The zero-order valence-electron chi connectivity index (χ0n) is 16.6. The minimum atomic E-state index is 0.0362. The van der Waals surface area contributed by atoms with Gasteiger partial charge < -0.3 is 10.1 Å². The fourth-order valence-electron chi connectivity index (χ4n) is 3.91. The summed E-state index contributed by atoms with van der Waals surface area (Å²) in [5.41, 5.74) is 5.34. The van der Waals surface area contributed by atoms with Crippen LogP contribution in [0.4, 0.5) is 0 Å². The Hall–Kier alpha value is -2.17. The summed E-state index contributed by atoms with van der Waals surface area (Å²) in [6.07, 6.45) is 1.09. The maximum atomic E-state index is 12.5. The summed E-state index contributed by atoms with van der Waals surface area (Å²) in [6.45, 7) is 10.4. The zero-order chi connectivity index (χ0) is 19.2. The van der Waals surface area contributed by atoms with E-state index in [2.05, 4.69) is 53.5 Å². The molecule has 1 heterocycles. The Labute approximate surface area is 162 Å². The number of ether oxygens (including phenoxy) is 1. The Morgan fingerprint density at radius 2 is 1.85 bits per heavy atom. The lowest BCUT2D eigenvalue weighted by Gasteiger charge is -2.33. The van der Waals surface area contributed by atoms with Gasteiger partial charge in [0.1, 0.15) is 0 Å². The van der Waals surface area contributed by atoms with Gasteiger partial charge in [0.05, 0.1) is 12.7 Å². The van der Waals surface area contributed by atoms with Gasteiger partial charge in [-0.3, -0.25) is 9.69 Å². The van der Waals surface area contributed by atoms with Crippen molar-refractivity contribution in [3.8, 4) is 0 Å². The summed E-state index contributed by atoms with van der Waals surface area (Å²) in [5, 5.41) is 3.09. The predicted octanol–water partition coefficient (Wildman–Crippen LogP) is 3.81. The molecule has 0 bridgehead atoms. The van der Waals surface area contributed by atoms with Crippen molar-refractivity contribution in [1.82, 2.24) is 10.2 Å². The lowest BCUT2D eigenvalue weighted by atomic mass is 9.99. The van der Waals surface area contributed by atoms with Gasteiger partial charge in [-0.05, 0) is 43.9 Å². The quantitative estimate of drug-likeness (QED) is 0.791. The van der Waals surface area contributed by atoms with Crippen LogP contribution in [0.25, 0.3) is 0 Å². The molecule has 0 spiro atoms. The zero-order valence-corrected chi connectivity index (χ0v) is 16.6. The summed E-state index contributed by atoms with van der Waals surface area (Å²) < 4.78 is 5.92. The van der Waals surface area contributed by atoms with E-state index in [0.717, 1.165) is 49.4 Å². The Morgan fingerprint density at radius 1 is 1.15 bits per heavy atom. The highest BCUT2D eigenvalue weighted by molar-refractivity contribution is 5.97. The molecule has 0 saturated carbocycles. The maximum Gasteiger partial charge on any atom is 0.251 e. The van der Waals surface area contributed by atoms with Crippen molar-refractivity contribution in [3.05, 3.63) is 70.3 Å². The number of nitrogens with zero attached hydrogens (tertiary/aromatic N) is 1. The molecule has 1 aliphatic heterocycles. The topological polar surface area (TPSA) is 41.6 Å². The Kier molecular flexibility index (Phi) is 6.64.